The third-order valence-corrected chi connectivity index (χ3v) is 4.23. The van der Waals surface area contributed by atoms with Crippen molar-refractivity contribution in [3.8, 4) is 0 Å². The number of rotatable bonds is 1. The fourth-order valence-electron chi connectivity index (χ4n) is 3.06. The number of pyridine rings is 1. The summed E-state index contributed by atoms with van der Waals surface area (Å²) in [4.78, 5) is 4.62. The van der Waals surface area contributed by atoms with Crippen LogP contribution in [0.1, 0.15) is 43.2 Å². The topological polar surface area (TPSA) is 38.9 Å². The van der Waals surface area contributed by atoms with E-state index in [0.29, 0.717) is 0 Å². The smallest absolute Gasteiger partial charge is 0.0731 e. The van der Waals surface area contributed by atoms with E-state index in [2.05, 4.69) is 36.2 Å². The van der Waals surface area contributed by atoms with Crippen LogP contribution in [0.2, 0.25) is 0 Å². The van der Waals surface area contributed by atoms with E-state index in [1.165, 1.54) is 35.8 Å². The van der Waals surface area contributed by atoms with E-state index in [-0.39, 0.29) is 5.54 Å². The summed E-state index contributed by atoms with van der Waals surface area (Å²) >= 11 is 0. The van der Waals surface area contributed by atoms with Crippen LogP contribution in [0.5, 0.6) is 0 Å². The third kappa shape index (κ3) is 1.91. The number of fused-ring (bicyclic) bond motifs is 1. The first-order valence-electron chi connectivity index (χ1n) is 6.84. The molecule has 2 aromatic rings. The van der Waals surface area contributed by atoms with Gasteiger partial charge in [-0.2, -0.15) is 0 Å². The van der Waals surface area contributed by atoms with Crippen molar-refractivity contribution in [2.45, 2.75) is 44.6 Å². The molecule has 1 fully saturated rings. The fraction of sp³-hybridized carbons (Fsp3) is 0.438. The van der Waals surface area contributed by atoms with Gasteiger partial charge in [0.1, 0.15) is 0 Å². The van der Waals surface area contributed by atoms with Crippen molar-refractivity contribution in [3.63, 3.8) is 0 Å². The molecule has 0 amide bonds. The monoisotopic (exact) mass is 240 g/mol. The van der Waals surface area contributed by atoms with Crippen LogP contribution in [0, 0.1) is 6.92 Å². The lowest BCUT2D eigenvalue weighted by atomic mass is 9.78. The van der Waals surface area contributed by atoms with Gasteiger partial charge in [-0.25, -0.2) is 0 Å². The van der Waals surface area contributed by atoms with Crippen molar-refractivity contribution in [2.75, 3.05) is 0 Å². The predicted octanol–water partition coefficient (Wildman–Crippen LogP) is 3.66. The van der Waals surface area contributed by atoms with E-state index in [4.69, 9.17) is 5.73 Å². The summed E-state index contributed by atoms with van der Waals surface area (Å²) in [6.45, 7) is 2.10. The zero-order chi connectivity index (χ0) is 12.6. The molecule has 2 heteroatoms. The van der Waals surface area contributed by atoms with E-state index < -0.39 is 0 Å². The second kappa shape index (κ2) is 4.36. The maximum atomic E-state index is 6.57. The second-order valence-electron chi connectivity index (χ2n) is 5.59. The minimum absolute atomic E-state index is 0.150. The first kappa shape index (κ1) is 11.7. The largest absolute Gasteiger partial charge is 0.321 e. The molecule has 0 unspecified atom stereocenters. The van der Waals surface area contributed by atoms with Crippen LogP contribution < -0.4 is 5.73 Å². The molecule has 3 rings (SSSR count). The summed E-state index contributed by atoms with van der Waals surface area (Å²) in [5.41, 5.74) is 9.96. The quantitative estimate of drug-likeness (QED) is 0.826. The number of benzene rings is 1. The second-order valence-corrected chi connectivity index (χ2v) is 5.59. The van der Waals surface area contributed by atoms with Crippen molar-refractivity contribution >= 4 is 10.9 Å². The highest BCUT2D eigenvalue weighted by molar-refractivity contribution is 5.82. The molecule has 2 nitrogen and oxygen atoms in total. The number of nitrogens with two attached hydrogens (primary N) is 1. The molecule has 94 valence electrons. The van der Waals surface area contributed by atoms with Crippen LogP contribution in [0.15, 0.2) is 30.5 Å². The van der Waals surface area contributed by atoms with E-state index in [1.54, 1.807) is 0 Å². The SMILES string of the molecule is Cc1cccc2cc(C3(N)CCCCC3)cnc12. The van der Waals surface area contributed by atoms with E-state index in [0.717, 1.165) is 18.4 Å². The summed E-state index contributed by atoms with van der Waals surface area (Å²) < 4.78 is 0. The minimum Gasteiger partial charge on any atom is -0.321 e. The van der Waals surface area contributed by atoms with Crippen LogP contribution in [0.25, 0.3) is 10.9 Å². The molecule has 0 aliphatic heterocycles. The van der Waals surface area contributed by atoms with E-state index in [1.807, 2.05) is 6.20 Å². The molecule has 1 aromatic heterocycles. The molecule has 18 heavy (non-hydrogen) atoms. The highest BCUT2D eigenvalue weighted by Gasteiger charge is 2.29. The molecule has 1 aliphatic rings. The van der Waals surface area contributed by atoms with E-state index in [9.17, 15) is 0 Å². The van der Waals surface area contributed by atoms with Gasteiger partial charge < -0.3 is 5.73 Å². The van der Waals surface area contributed by atoms with Crippen LogP contribution in [0.4, 0.5) is 0 Å². The Labute approximate surface area is 108 Å². The molecule has 1 aliphatic carbocycles. The number of aryl methyl sites for hydroxylation is 1. The number of hydrogen-bond acceptors (Lipinski definition) is 2. The van der Waals surface area contributed by atoms with Crippen molar-refractivity contribution < 1.29 is 0 Å². The molecular formula is C16H20N2. The molecule has 0 radical (unpaired) electrons. The van der Waals surface area contributed by atoms with Gasteiger partial charge in [0.15, 0.2) is 0 Å². The Kier molecular flexibility index (Phi) is 2.83. The van der Waals surface area contributed by atoms with Gasteiger partial charge in [-0.3, -0.25) is 4.98 Å². The fourth-order valence-corrected chi connectivity index (χ4v) is 3.06. The summed E-state index contributed by atoms with van der Waals surface area (Å²) in [6.07, 6.45) is 7.96. The van der Waals surface area contributed by atoms with Crippen LogP contribution >= 0.6 is 0 Å². The van der Waals surface area contributed by atoms with Gasteiger partial charge in [-0.05, 0) is 37.0 Å². The zero-order valence-corrected chi connectivity index (χ0v) is 10.9. The Morgan fingerprint density at radius 1 is 1.17 bits per heavy atom. The van der Waals surface area contributed by atoms with Gasteiger partial charge in [0.2, 0.25) is 0 Å². The van der Waals surface area contributed by atoms with Crippen molar-refractivity contribution in [1.82, 2.24) is 4.98 Å². The molecule has 0 saturated heterocycles. The van der Waals surface area contributed by atoms with Gasteiger partial charge in [0.05, 0.1) is 5.52 Å². The predicted molar refractivity (Wildman–Crippen MR) is 75.4 cm³/mol. The maximum Gasteiger partial charge on any atom is 0.0731 e. The normalized spacial score (nSPS) is 19.0. The van der Waals surface area contributed by atoms with Crippen molar-refractivity contribution in [2.24, 2.45) is 5.73 Å². The van der Waals surface area contributed by atoms with Gasteiger partial charge >= 0.3 is 0 Å². The van der Waals surface area contributed by atoms with Crippen molar-refractivity contribution in [3.05, 3.63) is 41.6 Å². The lowest BCUT2D eigenvalue weighted by Gasteiger charge is -2.33. The molecule has 2 N–H and O–H groups in total. The lowest BCUT2D eigenvalue weighted by Crippen LogP contribution is -2.38. The molecule has 1 saturated carbocycles. The molecule has 1 heterocycles. The molecule has 0 atom stereocenters. The average molecular weight is 240 g/mol. The Hall–Kier alpha value is -1.41. The minimum atomic E-state index is -0.150. The summed E-state index contributed by atoms with van der Waals surface area (Å²) in [5, 5.41) is 1.21. The maximum absolute atomic E-state index is 6.57. The first-order chi connectivity index (χ1) is 8.69. The van der Waals surface area contributed by atoms with Crippen molar-refractivity contribution in [1.29, 1.82) is 0 Å². The van der Waals surface area contributed by atoms with Gasteiger partial charge in [-0.1, -0.05) is 37.5 Å². The Morgan fingerprint density at radius 3 is 2.72 bits per heavy atom. The van der Waals surface area contributed by atoms with Crippen LogP contribution in [-0.2, 0) is 5.54 Å². The summed E-state index contributed by atoms with van der Waals surface area (Å²) in [7, 11) is 0. The zero-order valence-electron chi connectivity index (χ0n) is 10.9. The average Bonchev–Trinajstić information content (AvgIpc) is 2.39. The van der Waals surface area contributed by atoms with E-state index >= 15 is 0 Å². The van der Waals surface area contributed by atoms with Gasteiger partial charge in [-0.15, -0.1) is 0 Å². The Morgan fingerprint density at radius 2 is 1.94 bits per heavy atom. The number of hydrogen-bond donors (Lipinski definition) is 1. The van der Waals surface area contributed by atoms with Gasteiger partial charge in [0, 0.05) is 17.1 Å². The molecule has 0 spiro atoms. The first-order valence-corrected chi connectivity index (χ1v) is 6.84. The Bertz CT molecular complexity index is 568. The number of para-hydroxylation sites is 1. The molecular weight excluding hydrogens is 220 g/mol. The summed E-state index contributed by atoms with van der Waals surface area (Å²) in [6, 6.07) is 8.56. The van der Waals surface area contributed by atoms with Crippen LogP contribution in [-0.4, -0.2) is 4.98 Å². The standard InChI is InChI=1S/C16H20N2/c1-12-6-5-7-13-10-14(11-18-15(12)13)16(17)8-3-2-4-9-16/h5-7,10-11H,2-4,8-9,17H2,1H3. The molecule has 0 bridgehead atoms. The van der Waals surface area contributed by atoms with Gasteiger partial charge in [0.25, 0.3) is 0 Å². The highest BCUT2D eigenvalue weighted by atomic mass is 14.8. The summed E-state index contributed by atoms with van der Waals surface area (Å²) in [5.74, 6) is 0. The highest BCUT2D eigenvalue weighted by Crippen LogP contribution is 2.35. The lowest BCUT2D eigenvalue weighted by molar-refractivity contribution is 0.302. The molecule has 1 aromatic carbocycles. The third-order valence-electron chi connectivity index (χ3n) is 4.23. The Balaban J connectivity index is 2.08. The number of nitrogens with zero attached hydrogens (tertiary/aromatic N) is 1. The van der Waals surface area contributed by atoms with Crippen LogP contribution in [0.3, 0.4) is 0 Å². The number of aromatic nitrogens is 1.